The molecule has 2 nitrogen and oxygen atoms in total. The Kier molecular flexibility index (Phi) is 4.53. The number of rotatable bonds is 4. The summed E-state index contributed by atoms with van der Waals surface area (Å²) in [5.74, 6) is -0.322. The van der Waals surface area contributed by atoms with E-state index in [4.69, 9.17) is 4.74 Å². The first-order valence-corrected chi connectivity index (χ1v) is 6.65. The molecule has 0 saturated heterocycles. The Labute approximate surface area is 112 Å². The fraction of sp³-hybridized carbons (Fsp3) is 0.467. The average Bonchev–Trinajstić information content (AvgIpc) is 2.42. The highest BCUT2D eigenvalue weighted by Crippen LogP contribution is 2.29. The summed E-state index contributed by atoms with van der Waals surface area (Å²) in [7, 11) is 0. The Morgan fingerprint density at radius 1 is 1.32 bits per heavy atom. The zero-order valence-electron chi connectivity index (χ0n) is 11.3. The lowest BCUT2D eigenvalue weighted by Crippen LogP contribution is -2.26. The predicted molar refractivity (Wildman–Crippen MR) is 70.8 cm³/mol. The van der Waals surface area contributed by atoms with Crippen LogP contribution in [0.2, 0.25) is 0 Å². The maximum Gasteiger partial charge on any atom is 0.131 e. The van der Waals surface area contributed by atoms with Gasteiger partial charge in [0.25, 0.3) is 0 Å². The fourth-order valence-electron chi connectivity index (χ4n) is 2.25. The van der Waals surface area contributed by atoms with Crippen molar-refractivity contribution in [2.45, 2.75) is 32.7 Å². The highest BCUT2D eigenvalue weighted by atomic mass is 19.1. The minimum absolute atomic E-state index is 0.343. The second-order valence-electron chi connectivity index (χ2n) is 4.71. The number of allylic oxidation sites excluding steroid dienone is 1. The Hall–Kier alpha value is -1.42. The molecular formula is C15H19F2NO. The van der Waals surface area contributed by atoms with Crippen LogP contribution in [-0.4, -0.2) is 13.2 Å². The minimum Gasteiger partial charge on any atom is -0.496 e. The van der Waals surface area contributed by atoms with E-state index in [0.717, 1.165) is 24.7 Å². The summed E-state index contributed by atoms with van der Waals surface area (Å²) in [6.45, 7) is 4.92. The molecule has 0 aromatic heterocycles. The Balaban J connectivity index is 2.38. The third-order valence-corrected chi connectivity index (χ3v) is 3.24. The van der Waals surface area contributed by atoms with E-state index in [9.17, 15) is 8.78 Å². The molecule has 0 radical (unpaired) electrons. The smallest absolute Gasteiger partial charge is 0.131 e. The van der Waals surface area contributed by atoms with E-state index in [1.807, 2.05) is 13.0 Å². The third kappa shape index (κ3) is 3.13. The third-order valence-electron chi connectivity index (χ3n) is 3.24. The number of aryl methyl sites for hydroxylation is 1. The number of hydrogen-bond donors (Lipinski definition) is 1. The SMILES string of the molecule is CCNC(C1=CCCCO1)c1cc(C)c(F)cc1F. The van der Waals surface area contributed by atoms with Crippen LogP contribution < -0.4 is 5.32 Å². The van der Waals surface area contributed by atoms with Gasteiger partial charge in [-0.05, 0) is 44.0 Å². The molecule has 4 heteroatoms. The van der Waals surface area contributed by atoms with E-state index >= 15 is 0 Å². The molecule has 1 atom stereocenters. The maximum absolute atomic E-state index is 14.0. The molecular weight excluding hydrogens is 248 g/mol. The van der Waals surface area contributed by atoms with Crippen molar-refractivity contribution in [2.24, 2.45) is 0 Å². The number of halogens is 2. The lowest BCUT2D eigenvalue weighted by atomic mass is 10.00. The van der Waals surface area contributed by atoms with Gasteiger partial charge in [0.05, 0.1) is 12.6 Å². The molecule has 0 amide bonds. The topological polar surface area (TPSA) is 21.3 Å². The van der Waals surface area contributed by atoms with Gasteiger partial charge >= 0.3 is 0 Å². The van der Waals surface area contributed by atoms with Crippen LogP contribution in [0.5, 0.6) is 0 Å². The van der Waals surface area contributed by atoms with Gasteiger partial charge < -0.3 is 10.1 Å². The molecule has 1 heterocycles. The van der Waals surface area contributed by atoms with E-state index in [1.165, 1.54) is 0 Å². The average molecular weight is 267 g/mol. The Morgan fingerprint density at radius 2 is 2.11 bits per heavy atom. The van der Waals surface area contributed by atoms with Crippen LogP contribution in [0, 0.1) is 18.6 Å². The van der Waals surface area contributed by atoms with Crippen molar-refractivity contribution in [3.05, 3.63) is 46.7 Å². The molecule has 2 rings (SSSR count). The quantitative estimate of drug-likeness (QED) is 0.899. The van der Waals surface area contributed by atoms with Crippen LogP contribution in [0.25, 0.3) is 0 Å². The molecule has 1 aromatic carbocycles. The van der Waals surface area contributed by atoms with Gasteiger partial charge in [-0.15, -0.1) is 0 Å². The van der Waals surface area contributed by atoms with Crippen LogP contribution >= 0.6 is 0 Å². The lowest BCUT2D eigenvalue weighted by Gasteiger charge is -2.25. The first-order valence-electron chi connectivity index (χ1n) is 6.65. The van der Waals surface area contributed by atoms with Gasteiger partial charge in [-0.1, -0.05) is 6.92 Å². The predicted octanol–water partition coefficient (Wildman–Crippen LogP) is 3.62. The second kappa shape index (κ2) is 6.15. The van der Waals surface area contributed by atoms with Crippen molar-refractivity contribution < 1.29 is 13.5 Å². The normalized spacial score (nSPS) is 16.7. The number of benzene rings is 1. The number of hydrogen-bond acceptors (Lipinski definition) is 2. The molecule has 1 unspecified atom stereocenters. The highest BCUT2D eigenvalue weighted by Gasteiger charge is 2.23. The van der Waals surface area contributed by atoms with E-state index in [-0.39, 0.29) is 6.04 Å². The van der Waals surface area contributed by atoms with Crippen LogP contribution in [0.3, 0.4) is 0 Å². The molecule has 0 bridgehead atoms. The van der Waals surface area contributed by atoms with Crippen molar-refractivity contribution in [3.63, 3.8) is 0 Å². The van der Waals surface area contributed by atoms with Crippen molar-refractivity contribution in [1.82, 2.24) is 5.32 Å². The van der Waals surface area contributed by atoms with Gasteiger partial charge in [0.15, 0.2) is 0 Å². The molecule has 0 spiro atoms. The molecule has 0 fully saturated rings. The van der Waals surface area contributed by atoms with E-state index < -0.39 is 11.6 Å². The van der Waals surface area contributed by atoms with E-state index in [1.54, 1.807) is 13.0 Å². The van der Waals surface area contributed by atoms with Gasteiger partial charge in [0.2, 0.25) is 0 Å². The summed E-state index contributed by atoms with van der Waals surface area (Å²) >= 11 is 0. The standard InChI is InChI=1S/C15H19F2NO/c1-3-18-15(14-6-4-5-7-19-14)11-8-10(2)12(16)9-13(11)17/h6,8-9,15,18H,3-5,7H2,1-2H3. The van der Waals surface area contributed by atoms with Crippen LogP contribution in [0.15, 0.2) is 24.0 Å². The minimum atomic E-state index is -0.538. The molecule has 1 aliphatic rings. The first-order chi connectivity index (χ1) is 9.13. The molecule has 19 heavy (non-hydrogen) atoms. The highest BCUT2D eigenvalue weighted by molar-refractivity contribution is 5.32. The van der Waals surface area contributed by atoms with Crippen molar-refractivity contribution in [3.8, 4) is 0 Å². The van der Waals surface area contributed by atoms with Crippen LogP contribution in [0.4, 0.5) is 8.78 Å². The summed E-state index contributed by atoms with van der Waals surface area (Å²) in [6, 6.07) is 2.15. The van der Waals surface area contributed by atoms with Gasteiger partial charge in [0.1, 0.15) is 17.4 Å². The molecule has 0 aliphatic carbocycles. The molecule has 1 aromatic rings. The number of ether oxygens (including phenoxy) is 1. The number of likely N-dealkylation sites (N-methyl/N-ethyl adjacent to an activating group) is 1. The zero-order chi connectivity index (χ0) is 13.8. The van der Waals surface area contributed by atoms with E-state index in [0.29, 0.717) is 24.3 Å². The summed E-state index contributed by atoms with van der Waals surface area (Å²) in [5, 5.41) is 3.20. The summed E-state index contributed by atoms with van der Waals surface area (Å²) < 4.78 is 33.0. The van der Waals surface area contributed by atoms with Crippen LogP contribution in [-0.2, 0) is 4.74 Å². The van der Waals surface area contributed by atoms with Gasteiger partial charge in [-0.3, -0.25) is 0 Å². The largest absolute Gasteiger partial charge is 0.496 e. The number of nitrogens with one attached hydrogen (secondary N) is 1. The van der Waals surface area contributed by atoms with Gasteiger partial charge in [-0.2, -0.15) is 0 Å². The summed E-state index contributed by atoms with van der Waals surface area (Å²) in [6.07, 6.45) is 3.89. The molecule has 104 valence electrons. The zero-order valence-corrected chi connectivity index (χ0v) is 11.3. The monoisotopic (exact) mass is 267 g/mol. The molecule has 1 aliphatic heterocycles. The van der Waals surface area contributed by atoms with Gasteiger partial charge in [0, 0.05) is 11.6 Å². The molecule has 0 saturated carbocycles. The summed E-state index contributed by atoms with van der Waals surface area (Å²) in [4.78, 5) is 0. The molecule has 1 N–H and O–H groups in total. The van der Waals surface area contributed by atoms with Crippen molar-refractivity contribution in [1.29, 1.82) is 0 Å². The van der Waals surface area contributed by atoms with Crippen molar-refractivity contribution >= 4 is 0 Å². The summed E-state index contributed by atoms with van der Waals surface area (Å²) in [5.41, 5.74) is 0.879. The Bertz CT molecular complexity index is 485. The second-order valence-corrected chi connectivity index (χ2v) is 4.71. The fourth-order valence-corrected chi connectivity index (χ4v) is 2.25. The first kappa shape index (κ1) is 14.0. The van der Waals surface area contributed by atoms with Crippen LogP contribution in [0.1, 0.15) is 36.9 Å². The van der Waals surface area contributed by atoms with E-state index in [2.05, 4.69) is 5.32 Å². The maximum atomic E-state index is 14.0. The van der Waals surface area contributed by atoms with Crippen molar-refractivity contribution in [2.75, 3.05) is 13.2 Å². The van der Waals surface area contributed by atoms with Gasteiger partial charge in [-0.25, -0.2) is 8.78 Å². The Morgan fingerprint density at radius 3 is 2.74 bits per heavy atom. The lowest BCUT2D eigenvalue weighted by molar-refractivity contribution is 0.167.